The van der Waals surface area contributed by atoms with Gasteiger partial charge in [-0.25, -0.2) is 0 Å². The maximum Gasteiger partial charge on any atom is 0.251 e. The number of nitrogens with two attached hydrogens (primary N) is 1. The third-order valence-electron chi connectivity index (χ3n) is 2.80. The molecule has 0 saturated heterocycles. The highest BCUT2D eigenvalue weighted by atomic mass is 16.3. The molecular formula is C14H21N3O3. The summed E-state index contributed by atoms with van der Waals surface area (Å²) < 4.78 is 0. The van der Waals surface area contributed by atoms with Crippen LogP contribution in [0.3, 0.4) is 0 Å². The standard InChI is InChI=1S/C14H21N3O3/c1-14(2,7-8-18)17-12(19)9-16-13(20)10-3-5-11(15)6-4-10/h3-6,18H,7-9,15H2,1-2H3,(H,16,20)(H,17,19). The number of nitrogens with one attached hydrogen (secondary N) is 2. The summed E-state index contributed by atoms with van der Waals surface area (Å²) in [5.41, 5.74) is 6.05. The molecule has 1 aromatic rings. The fourth-order valence-electron chi connectivity index (χ4n) is 1.66. The second-order valence-electron chi connectivity index (χ2n) is 5.21. The Hall–Kier alpha value is -2.08. The number of carbonyl (C=O) groups is 2. The zero-order valence-electron chi connectivity index (χ0n) is 11.8. The van der Waals surface area contributed by atoms with Crippen molar-refractivity contribution in [3.63, 3.8) is 0 Å². The average molecular weight is 279 g/mol. The van der Waals surface area contributed by atoms with Gasteiger partial charge in [-0.3, -0.25) is 9.59 Å². The number of benzene rings is 1. The van der Waals surface area contributed by atoms with Crippen LogP contribution >= 0.6 is 0 Å². The van der Waals surface area contributed by atoms with Gasteiger partial charge in [0, 0.05) is 23.4 Å². The van der Waals surface area contributed by atoms with Crippen molar-refractivity contribution in [1.82, 2.24) is 10.6 Å². The molecule has 6 nitrogen and oxygen atoms in total. The molecule has 0 saturated carbocycles. The Balaban J connectivity index is 2.45. The third kappa shape index (κ3) is 5.27. The number of nitrogen functional groups attached to an aromatic ring is 1. The molecule has 0 fully saturated rings. The normalized spacial score (nSPS) is 10.9. The number of hydrogen-bond donors (Lipinski definition) is 4. The van der Waals surface area contributed by atoms with Gasteiger partial charge in [0.1, 0.15) is 0 Å². The quantitative estimate of drug-likeness (QED) is 0.561. The topological polar surface area (TPSA) is 104 Å². The number of amides is 2. The van der Waals surface area contributed by atoms with Crippen LogP contribution in [-0.4, -0.2) is 35.6 Å². The lowest BCUT2D eigenvalue weighted by molar-refractivity contribution is -0.121. The number of carbonyl (C=O) groups excluding carboxylic acids is 2. The summed E-state index contributed by atoms with van der Waals surface area (Å²) >= 11 is 0. The summed E-state index contributed by atoms with van der Waals surface area (Å²) in [6.07, 6.45) is 0.449. The summed E-state index contributed by atoms with van der Waals surface area (Å²) in [6.45, 7) is 3.50. The van der Waals surface area contributed by atoms with Crippen LogP contribution in [0.4, 0.5) is 5.69 Å². The maximum atomic E-state index is 11.8. The minimum absolute atomic E-state index is 0.00885. The van der Waals surface area contributed by atoms with Crippen LogP contribution in [0.25, 0.3) is 0 Å². The van der Waals surface area contributed by atoms with Crippen molar-refractivity contribution < 1.29 is 14.7 Å². The molecule has 0 aromatic heterocycles. The summed E-state index contributed by atoms with van der Waals surface area (Å²) in [4.78, 5) is 23.5. The van der Waals surface area contributed by atoms with Crippen molar-refractivity contribution in [3.05, 3.63) is 29.8 Å². The van der Waals surface area contributed by atoms with E-state index in [9.17, 15) is 9.59 Å². The first-order valence-electron chi connectivity index (χ1n) is 6.40. The van der Waals surface area contributed by atoms with E-state index in [1.54, 1.807) is 24.3 Å². The predicted molar refractivity (Wildman–Crippen MR) is 77.1 cm³/mol. The molecule has 5 N–H and O–H groups in total. The Morgan fingerprint density at radius 3 is 2.40 bits per heavy atom. The molecule has 0 spiro atoms. The van der Waals surface area contributed by atoms with Gasteiger partial charge in [0.05, 0.1) is 6.54 Å². The number of rotatable bonds is 6. The average Bonchev–Trinajstić information content (AvgIpc) is 2.36. The molecule has 0 unspecified atom stereocenters. The van der Waals surface area contributed by atoms with E-state index in [-0.39, 0.29) is 25.0 Å². The van der Waals surface area contributed by atoms with Crippen LogP contribution in [0.5, 0.6) is 0 Å². The van der Waals surface area contributed by atoms with Crippen molar-refractivity contribution in [2.75, 3.05) is 18.9 Å². The van der Waals surface area contributed by atoms with Gasteiger partial charge in [-0.15, -0.1) is 0 Å². The van der Waals surface area contributed by atoms with Crippen LogP contribution in [0.2, 0.25) is 0 Å². The minimum atomic E-state index is -0.502. The molecule has 20 heavy (non-hydrogen) atoms. The van der Waals surface area contributed by atoms with Crippen LogP contribution in [-0.2, 0) is 4.79 Å². The van der Waals surface area contributed by atoms with E-state index in [1.807, 2.05) is 13.8 Å². The Kier molecular flexibility index (Phi) is 5.52. The highest BCUT2D eigenvalue weighted by molar-refractivity contribution is 5.96. The van der Waals surface area contributed by atoms with Gasteiger partial charge in [0.25, 0.3) is 5.91 Å². The lowest BCUT2D eigenvalue weighted by Crippen LogP contribution is -2.48. The first-order valence-corrected chi connectivity index (χ1v) is 6.40. The van der Waals surface area contributed by atoms with Crippen molar-refractivity contribution >= 4 is 17.5 Å². The smallest absolute Gasteiger partial charge is 0.251 e. The van der Waals surface area contributed by atoms with Crippen molar-refractivity contribution in [2.45, 2.75) is 25.8 Å². The van der Waals surface area contributed by atoms with E-state index < -0.39 is 5.54 Å². The zero-order valence-corrected chi connectivity index (χ0v) is 11.8. The van der Waals surface area contributed by atoms with Crippen molar-refractivity contribution in [1.29, 1.82) is 0 Å². The second-order valence-corrected chi connectivity index (χ2v) is 5.21. The van der Waals surface area contributed by atoms with E-state index in [0.29, 0.717) is 17.7 Å². The third-order valence-corrected chi connectivity index (χ3v) is 2.80. The van der Waals surface area contributed by atoms with Crippen LogP contribution in [0.1, 0.15) is 30.6 Å². The summed E-state index contributed by atoms with van der Waals surface area (Å²) in [5, 5.41) is 14.1. The Morgan fingerprint density at radius 2 is 1.85 bits per heavy atom. The Morgan fingerprint density at radius 1 is 1.25 bits per heavy atom. The number of anilines is 1. The van der Waals surface area contributed by atoms with E-state index in [2.05, 4.69) is 10.6 Å². The van der Waals surface area contributed by atoms with Gasteiger partial charge in [0.2, 0.25) is 5.91 Å². The first kappa shape index (κ1) is 16.0. The fraction of sp³-hybridized carbons (Fsp3) is 0.429. The summed E-state index contributed by atoms with van der Waals surface area (Å²) in [5.74, 6) is -0.632. The van der Waals surface area contributed by atoms with Crippen molar-refractivity contribution in [3.8, 4) is 0 Å². The van der Waals surface area contributed by atoms with Crippen LogP contribution in [0.15, 0.2) is 24.3 Å². The molecule has 0 heterocycles. The van der Waals surface area contributed by atoms with E-state index >= 15 is 0 Å². The van der Waals surface area contributed by atoms with Crippen LogP contribution in [0, 0.1) is 0 Å². The molecule has 0 aliphatic heterocycles. The molecule has 0 bridgehead atoms. The maximum absolute atomic E-state index is 11.8. The Labute approximate surface area is 118 Å². The highest BCUT2D eigenvalue weighted by Crippen LogP contribution is 2.07. The monoisotopic (exact) mass is 279 g/mol. The van der Waals surface area contributed by atoms with E-state index in [1.165, 1.54) is 0 Å². The second kappa shape index (κ2) is 6.91. The number of aliphatic hydroxyl groups is 1. The molecule has 0 aliphatic carbocycles. The number of aliphatic hydroxyl groups excluding tert-OH is 1. The van der Waals surface area contributed by atoms with Gasteiger partial charge in [-0.1, -0.05) is 0 Å². The first-order chi connectivity index (χ1) is 9.34. The molecule has 1 rings (SSSR count). The highest BCUT2D eigenvalue weighted by Gasteiger charge is 2.19. The molecular weight excluding hydrogens is 258 g/mol. The molecule has 0 atom stereocenters. The molecule has 6 heteroatoms. The molecule has 110 valence electrons. The minimum Gasteiger partial charge on any atom is -0.399 e. The van der Waals surface area contributed by atoms with Gasteiger partial charge >= 0.3 is 0 Å². The Bertz CT molecular complexity index is 469. The van der Waals surface area contributed by atoms with Gasteiger partial charge in [0.15, 0.2) is 0 Å². The van der Waals surface area contributed by atoms with E-state index in [0.717, 1.165) is 0 Å². The van der Waals surface area contributed by atoms with Crippen molar-refractivity contribution in [2.24, 2.45) is 0 Å². The molecule has 2 amide bonds. The fourth-order valence-corrected chi connectivity index (χ4v) is 1.66. The van der Waals surface area contributed by atoms with Crippen LogP contribution < -0.4 is 16.4 Å². The lowest BCUT2D eigenvalue weighted by atomic mass is 10.0. The molecule has 0 radical (unpaired) electrons. The molecule has 0 aliphatic rings. The predicted octanol–water partition coefficient (Wildman–Crippen LogP) is 0.276. The summed E-state index contributed by atoms with van der Waals surface area (Å²) in [6, 6.07) is 6.44. The number of hydrogen-bond acceptors (Lipinski definition) is 4. The van der Waals surface area contributed by atoms with E-state index in [4.69, 9.17) is 10.8 Å². The largest absolute Gasteiger partial charge is 0.399 e. The van der Waals surface area contributed by atoms with Gasteiger partial charge in [-0.05, 0) is 44.5 Å². The van der Waals surface area contributed by atoms with Gasteiger partial charge in [-0.2, -0.15) is 0 Å². The molecule has 1 aromatic carbocycles. The zero-order chi connectivity index (χ0) is 15.2. The summed E-state index contributed by atoms with van der Waals surface area (Å²) in [7, 11) is 0. The SMILES string of the molecule is CC(C)(CCO)NC(=O)CNC(=O)c1ccc(N)cc1. The van der Waals surface area contributed by atoms with Gasteiger partial charge < -0.3 is 21.5 Å². The lowest BCUT2D eigenvalue weighted by Gasteiger charge is -2.25.